The second-order valence-corrected chi connectivity index (χ2v) is 10.1. The maximum absolute atomic E-state index is 6.24. The van der Waals surface area contributed by atoms with Crippen LogP contribution in [0.4, 0.5) is 0 Å². The fraction of sp³-hybridized carbons (Fsp3) is 0.414. The largest absolute Gasteiger partial charge is 0.464 e. The van der Waals surface area contributed by atoms with Crippen molar-refractivity contribution in [2.75, 3.05) is 13.1 Å². The molecule has 186 valence electrons. The topological polar surface area (TPSA) is 92.8 Å². The van der Waals surface area contributed by atoms with E-state index in [1.54, 1.807) is 6.26 Å². The second kappa shape index (κ2) is 10.3. The van der Waals surface area contributed by atoms with Crippen LogP contribution in [0.25, 0.3) is 44.6 Å². The minimum Gasteiger partial charge on any atom is -0.464 e. The lowest BCUT2D eigenvalue weighted by molar-refractivity contribution is 0.331. The van der Waals surface area contributed by atoms with Gasteiger partial charge in [-0.15, -0.1) is 10.2 Å². The summed E-state index contributed by atoms with van der Waals surface area (Å²) in [4.78, 5) is 0. The maximum Gasteiger partial charge on any atom is 0.247 e. The monoisotopic (exact) mass is 483 g/mol. The van der Waals surface area contributed by atoms with Gasteiger partial charge in [-0.3, -0.25) is 5.10 Å². The Morgan fingerprint density at radius 2 is 1.92 bits per heavy atom. The number of benzene rings is 2. The van der Waals surface area contributed by atoms with Gasteiger partial charge >= 0.3 is 0 Å². The Balaban J connectivity index is 1.22. The van der Waals surface area contributed by atoms with Gasteiger partial charge in [-0.1, -0.05) is 32.6 Å². The van der Waals surface area contributed by atoms with Gasteiger partial charge in [0.2, 0.25) is 11.8 Å². The molecule has 1 aliphatic rings. The zero-order chi connectivity index (χ0) is 24.3. The summed E-state index contributed by atoms with van der Waals surface area (Å²) in [5, 5.41) is 22.4. The van der Waals surface area contributed by atoms with Crippen molar-refractivity contribution >= 4 is 21.9 Å². The van der Waals surface area contributed by atoms with Crippen LogP contribution < -0.4 is 5.32 Å². The van der Waals surface area contributed by atoms with E-state index in [-0.39, 0.29) is 5.92 Å². The molecule has 0 radical (unpaired) electrons. The van der Waals surface area contributed by atoms with E-state index in [4.69, 9.17) is 8.83 Å². The number of furan rings is 1. The van der Waals surface area contributed by atoms with Gasteiger partial charge in [-0.25, -0.2) is 0 Å². The zero-order valence-electron chi connectivity index (χ0n) is 20.8. The van der Waals surface area contributed by atoms with Crippen molar-refractivity contribution in [1.29, 1.82) is 0 Å². The van der Waals surface area contributed by atoms with E-state index in [0.717, 1.165) is 76.4 Å². The van der Waals surface area contributed by atoms with Gasteiger partial charge in [0.15, 0.2) is 0 Å². The molecule has 1 aliphatic carbocycles. The van der Waals surface area contributed by atoms with E-state index in [0.29, 0.717) is 5.89 Å². The van der Waals surface area contributed by atoms with Crippen LogP contribution in [0.5, 0.6) is 0 Å². The molecule has 5 aromatic rings. The summed E-state index contributed by atoms with van der Waals surface area (Å²) in [5.41, 5.74) is 4.67. The molecule has 3 heterocycles. The highest BCUT2D eigenvalue weighted by Crippen LogP contribution is 2.33. The third-order valence-corrected chi connectivity index (χ3v) is 7.51. The van der Waals surface area contributed by atoms with Gasteiger partial charge in [-0.05, 0) is 74.2 Å². The first-order valence-electron chi connectivity index (χ1n) is 13.3. The highest BCUT2D eigenvalue weighted by Gasteiger charge is 2.21. The predicted molar refractivity (Wildman–Crippen MR) is 142 cm³/mol. The highest BCUT2D eigenvalue weighted by atomic mass is 16.4. The molecule has 7 heteroatoms. The van der Waals surface area contributed by atoms with E-state index in [1.165, 1.54) is 32.1 Å². The maximum atomic E-state index is 6.24. The first-order chi connectivity index (χ1) is 17.8. The molecule has 0 bridgehead atoms. The number of nitrogens with one attached hydrogen (secondary N) is 2. The van der Waals surface area contributed by atoms with Gasteiger partial charge in [0.1, 0.15) is 5.58 Å². The summed E-state index contributed by atoms with van der Waals surface area (Å²) in [6.45, 7) is 4.18. The third kappa shape index (κ3) is 4.67. The zero-order valence-corrected chi connectivity index (χ0v) is 20.8. The molecule has 0 aliphatic heterocycles. The number of fused-ring (bicyclic) bond motifs is 2. The van der Waals surface area contributed by atoms with Crippen LogP contribution >= 0.6 is 0 Å². The normalized spacial score (nSPS) is 15.7. The SMILES string of the molecule is CCC[C@H](CNCC1CCCCC1)c1nnc(-c2ccc3[nH]nc(-c4ccc5occc5c4)c3c2)o1. The molecule has 1 saturated carbocycles. The average molecular weight is 484 g/mol. The van der Waals surface area contributed by atoms with Crippen molar-refractivity contribution in [3.05, 3.63) is 54.6 Å². The van der Waals surface area contributed by atoms with Gasteiger partial charge < -0.3 is 14.2 Å². The summed E-state index contributed by atoms with van der Waals surface area (Å²) in [7, 11) is 0. The minimum absolute atomic E-state index is 0.231. The molecule has 2 aromatic carbocycles. The number of aromatic nitrogens is 4. The quantitative estimate of drug-likeness (QED) is 0.233. The van der Waals surface area contributed by atoms with Crippen molar-refractivity contribution in [3.8, 4) is 22.7 Å². The Bertz CT molecular complexity index is 1440. The smallest absolute Gasteiger partial charge is 0.247 e. The molecule has 1 fully saturated rings. The van der Waals surface area contributed by atoms with E-state index < -0.39 is 0 Å². The van der Waals surface area contributed by atoms with Crippen LogP contribution in [-0.4, -0.2) is 33.5 Å². The molecule has 0 amide bonds. The van der Waals surface area contributed by atoms with Crippen LogP contribution in [0, 0.1) is 5.92 Å². The molecule has 6 rings (SSSR count). The third-order valence-electron chi connectivity index (χ3n) is 7.51. The summed E-state index contributed by atoms with van der Waals surface area (Å²) in [6.07, 6.45) is 10.7. The molecule has 7 nitrogen and oxygen atoms in total. The Kier molecular flexibility index (Phi) is 6.55. The molecule has 36 heavy (non-hydrogen) atoms. The first kappa shape index (κ1) is 23.0. The van der Waals surface area contributed by atoms with Crippen LogP contribution in [0.3, 0.4) is 0 Å². The van der Waals surface area contributed by atoms with Crippen LogP contribution in [0.15, 0.2) is 57.6 Å². The number of nitrogens with zero attached hydrogens (tertiary/aromatic N) is 3. The van der Waals surface area contributed by atoms with Gasteiger partial charge in [0.05, 0.1) is 17.5 Å². The van der Waals surface area contributed by atoms with Crippen molar-refractivity contribution < 1.29 is 8.83 Å². The van der Waals surface area contributed by atoms with E-state index in [9.17, 15) is 0 Å². The molecule has 0 spiro atoms. The van der Waals surface area contributed by atoms with E-state index >= 15 is 0 Å². The van der Waals surface area contributed by atoms with Crippen molar-refractivity contribution in [2.24, 2.45) is 5.92 Å². The van der Waals surface area contributed by atoms with E-state index in [1.807, 2.05) is 30.3 Å². The molecular formula is C29H33N5O2. The molecule has 0 unspecified atom stereocenters. The Morgan fingerprint density at radius 3 is 2.81 bits per heavy atom. The van der Waals surface area contributed by atoms with Crippen LogP contribution in [0.2, 0.25) is 0 Å². The number of H-pyrrole nitrogens is 1. The van der Waals surface area contributed by atoms with Crippen LogP contribution in [0.1, 0.15) is 63.7 Å². The van der Waals surface area contributed by atoms with Crippen molar-refractivity contribution in [2.45, 2.75) is 57.8 Å². The molecule has 3 aromatic heterocycles. The lowest BCUT2D eigenvalue weighted by Gasteiger charge is -2.23. The summed E-state index contributed by atoms with van der Waals surface area (Å²) >= 11 is 0. The first-order valence-corrected chi connectivity index (χ1v) is 13.3. The number of hydrogen-bond donors (Lipinski definition) is 2. The van der Waals surface area contributed by atoms with Crippen molar-refractivity contribution in [1.82, 2.24) is 25.7 Å². The lowest BCUT2D eigenvalue weighted by atomic mass is 9.89. The van der Waals surface area contributed by atoms with E-state index in [2.05, 4.69) is 44.8 Å². The number of hydrogen-bond acceptors (Lipinski definition) is 6. The summed E-state index contributed by atoms with van der Waals surface area (Å²) < 4.78 is 11.7. The fourth-order valence-electron chi connectivity index (χ4n) is 5.51. The fourth-order valence-corrected chi connectivity index (χ4v) is 5.51. The predicted octanol–water partition coefficient (Wildman–Crippen LogP) is 7.08. The second-order valence-electron chi connectivity index (χ2n) is 10.1. The molecular weight excluding hydrogens is 450 g/mol. The average Bonchev–Trinajstić information content (AvgIpc) is 3.67. The molecule has 1 atom stereocenters. The summed E-state index contributed by atoms with van der Waals surface area (Å²) in [5.74, 6) is 2.32. The van der Waals surface area contributed by atoms with Crippen molar-refractivity contribution in [3.63, 3.8) is 0 Å². The van der Waals surface area contributed by atoms with Gasteiger partial charge in [-0.2, -0.15) is 5.10 Å². The minimum atomic E-state index is 0.231. The lowest BCUT2D eigenvalue weighted by Crippen LogP contribution is -2.28. The Labute approximate surface area is 210 Å². The number of aromatic amines is 1. The molecule has 2 N–H and O–H groups in total. The molecule has 0 saturated heterocycles. The highest BCUT2D eigenvalue weighted by molar-refractivity contribution is 5.97. The van der Waals surface area contributed by atoms with Crippen LogP contribution in [-0.2, 0) is 0 Å². The Hall–Kier alpha value is -3.45. The van der Waals surface area contributed by atoms with Gasteiger partial charge in [0, 0.05) is 34.4 Å². The summed E-state index contributed by atoms with van der Waals surface area (Å²) in [6, 6.07) is 14.2. The Morgan fingerprint density at radius 1 is 1.03 bits per heavy atom. The standard InChI is InChI=1S/C29H33N5O2/c1-2-6-23(18-30-17-19-7-4-3-5-8-19)29-34-33-28(36-29)22-9-11-25-24(16-22)27(32-31-25)21-10-12-26-20(15-21)13-14-35-26/h9-16,19,23,30H,2-8,17-18H2,1H3,(H,31,32)/t23-/m1/s1. The number of rotatable bonds is 9. The van der Waals surface area contributed by atoms with Gasteiger partial charge in [0.25, 0.3) is 0 Å².